The van der Waals surface area contributed by atoms with Crippen LogP contribution in [0.5, 0.6) is 0 Å². The van der Waals surface area contributed by atoms with Crippen LogP contribution >= 0.6 is 45.3 Å². The van der Waals surface area contributed by atoms with Gasteiger partial charge in [0.05, 0.1) is 26.8 Å². The van der Waals surface area contributed by atoms with Gasteiger partial charge in [-0.3, -0.25) is 24.6 Å². The van der Waals surface area contributed by atoms with Gasteiger partial charge in [-0.2, -0.15) is 0 Å². The topological polar surface area (TPSA) is 150 Å². The number of nitrogens with one attached hydrogen (secondary N) is 1. The molecule has 0 radical (unpaired) electrons. The molecule has 1 amide bonds. The number of carboxylic acids is 1. The van der Waals surface area contributed by atoms with Gasteiger partial charge in [0.2, 0.25) is 5.91 Å². The van der Waals surface area contributed by atoms with Crippen molar-refractivity contribution in [3.8, 4) is 21.1 Å². The van der Waals surface area contributed by atoms with E-state index in [4.69, 9.17) is 20.8 Å². The first-order valence-corrected chi connectivity index (χ1v) is 20.5. The predicted molar refractivity (Wildman–Crippen MR) is 221 cm³/mol. The summed E-state index contributed by atoms with van der Waals surface area (Å²) in [4.78, 5) is 46.8. The second-order valence-corrected chi connectivity index (χ2v) is 17.3. The van der Waals surface area contributed by atoms with E-state index in [0.29, 0.717) is 12.1 Å². The molecule has 6 aromatic rings. The van der Waals surface area contributed by atoms with E-state index < -0.39 is 5.97 Å². The molecule has 8 rings (SSSR count). The third-order valence-corrected chi connectivity index (χ3v) is 13.4. The van der Waals surface area contributed by atoms with E-state index in [1.54, 1.807) is 57.7 Å². The summed E-state index contributed by atoms with van der Waals surface area (Å²) in [5.41, 5.74) is 13.2. The minimum Gasteiger partial charge on any atom is -0.478 e. The van der Waals surface area contributed by atoms with Gasteiger partial charge in [-0.15, -0.1) is 45.3 Å². The number of carboxylic acid groups (broad SMARTS) is 1. The Kier molecular flexibility index (Phi) is 12.1. The second-order valence-electron chi connectivity index (χ2n) is 13.0. The highest BCUT2D eigenvalue weighted by Crippen LogP contribution is 2.46. The number of aliphatic carboxylic acids is 1. The highest BCUT2D eigenvalue weighted by molar-refractivity contribution is 7.23. The van der Waals surface area contributed by atoms with Crippen LogP contribution in [0.3, 0.4) is 0 Å². The number of amides is 1. The van der Waals surface area contributed by atoms with E-state index >= 15 is 0 Å². The molecule has 0 unspecified atom stereocenters. The van der Waals surface area contributed by atoms with Crippen LogP contribution in [-0.4, -0.2) is 71.9 Å². The number of hydrogen-bond acceptors (Lipinski definition) is 13. The van der Waals surface area contributed by atoms with Crippen molar-refractivity contribution in [2.75, 3.05) is 24.1 Å². The maximum Gasteiger partial charge on any atom is 0.327 e. The zero-order chi connectivity index (χ0) is 37.8. The van der Waals surface area contributed by atoms with E-state index in [1.807, 2.05) is 24.5 Å². The molecular formula is C38H42N8O3S4. The van der Waals surface area contributed by atoms with Crippen LogP contribution in [0.25, 0.3) is 41.6 Å². The maximum absolute atomic E-state index is 12.0. The maximum atomic E-state index is 12.0. The summed E-state index contributed by atoms with van der Waals surface area (Å²) < 4.78 is 2.28. The van der Waals surface area contributed by atoms with Gasteiger partial charge in [0, 0.05) is 77.6 Å². The molecule has 0 aliphatic carbocycles. The Bertz CT molecular complexity index is 2220. The van der Waals surface area contributed by atoms with Crippen molar-refractivity contribution >= 4 is 87.7 Å². The molecule has 0 spiro atoms. The van der Waals surface area contributed by atoms with Crippen LogP contribution in [0.15, 0.2) is 62.2 Å². The van der Waals surface area contributed by atoms with Crippen LogP contribution in [0.1, 0.15) is 48.6 Å². The van der Waals surface area contributed by atoms with Crippen molar-refractivity contribution < 1.29 is 14.7 Å². The molecule has 0 saturated carbocycles. The smallest absolute Gasteiger partial charge is 0.327 e. The van der Waals surface area contributed by atoms with Crippen LogP contribution < -0.4 is 11.1 Å². The molecule has 6 aromatic heterocycles. The molecule has 2 aliphatic rings. The number of fused-ring (bicyclic) bond motifs is 4. The third-order valence-electron chi connectivity index (χ3n) is 9.06. The molecule has 0 saturated heterocycles. The minimum atomic E-state index is -0.981. The number of anilines is 2. The summed E-state index contributed by atoms with van der Waals surface area (Å²) in [5, 5.41) is 14.4. The number of rotatable bonds is 7. The highest BCUT2D eigenvalue weighted by atomic mass is 32.1. The summed E-state index contributed by atoms with van der Waals surface area (Å²) >= 11 is 6.75. The molecule has 0 fully saturated rings. The quantitative estimate of drug-likeness (QED) is 0.135. The second kappa shape index (κ2) is 16.7. The van der Waals surface area contributed by atoms with Crippen LogP contribution in [0.4, 0.5) is 10.0 Å². The van der Waals surface area contributed by atoms with E-state index in [9.17, 15) is 9.59 Å². The number of hydrogen-bond donors (Lipinski definition) is 3. The number of thiophene rings is 2. The molecule has 276 valence electrons. The number of pyridine rings is 2. The monoisotopic (exact) mass is 786 g/mol. The number of carbonyl (C=O) groups excluding carboxylic acids is 1. The van der Waals surface area contributed by atoms with Gasteiger partial charge in [0.15, 0.2) is 0 Å². The number of nitrogens with zero attached hydrogens (tertiary/aromatic N) is 6. The standard InChI is InChI=1S/C19H20N4OS2.C16H18N4S2.C3H4O2/c1-4-16(24)22-19-17(18-21-13-9-20-7-5-14(13)25-18)12-6-8-23(11(2)3)10-15(12)26-19;1-9(2)20-6-4-10-13(8-20)21-15(17)14(10)16-19-11-7-18-5-3-12(11)22-16;1-2-3(4)5/h4-5,7,9,11H,1,6,8,10H2,2-3H3,(H,22,24);3,5,7,9H,4,6,8,17H2,1-2H3;2H,1H2,(H,4,5). The number of nitrogen functional groups attached to an aromatic ring is 1. The molecule has 8 heterocycles. The predicted octanol–water partition coefficient (Wildman–Crippen LogP) is 8.34. The first kappa shape index (κ1) is 38.3. The molecule has 0 aromatic carbocycles. The lowest BCUT2D eigenvalue weighted by Crippen LogP contribution is -2.35. The Morgan fingerprint density at radius 2 is 1.30 bits per heavy atom. The molecule has 0 bridgehead atoms. The van der Waals surface area contributed by atoms with E-state index in [2.05, 4.69) is 65.9 Å². The van der Waals surface area contributed by atoms with Crippen LogP contribution in [-0.2, 0) is 35.5 Å². The van der Waals surface area contributed by atoms with Gasteiger partial charge in [0.1, 0.15) is 26.0 Å². The van der Waals surface area contributed by atoms with Gasteiger partial charge in [-0.1, -0.05) is 13.2 Å². The van der Waals surface area contributed by atoms with Gasteiger partial charge in [-0.05, 0) is 69.9 Å². The number of aromatic nitrogens is 4. The lowest BCUT2D eigenvalue weighted by molar-refractivity contribution is -0.131. The third kappa shape index (κ3) is 8.56. The molecule has 11 nitrogen and oxygen atoms in total. The Morgan fingerprint density at radius 3 is 1.77 bits per heavy atom. The Morgan fingerprint density at radius 1 is 0.811 bits per heavy atom. The fourth-order valence-corrected chi connectivity index (χ4v) is 10.8. The van der Waals surface area contributed by atoms with Gasteiger partial charge in [-0.25, -0.2) is 14.8 Å². The average molecular weight is 787 g/mol. The van der Waals surface area contributed by atoms with Crippen molar-refractivity contribution in [3.05, 3.63) is 83.1 Å². The first-order valence-electron chi connectivity index (χ1n) is 17.2. The van der Waals surface area contributed by atoms with Crippen molar-refractivity contribution in [2.24, 2.45) is 0 Å². The molecule has 4 N–H and O–H groups in total. The largest absolute Gasteiger partial charge is 0.478 e. The first-order chi connectivity index (χ1) is 25.5. The Hall–Kier alpha value is -4.38. The van der Waals surface area contributed by atoms with Gasteiger partial charge < -0.3 is 16.2 Å². The van der Waals surface area contributed by atoms with Gasteiger partial charge in [0.25, 0.3) is 0 Å². The molecular weight excluding hydrogens is 745 g/mol. The SMILES string of the molecule is C=CC(=O)Nc1sc2c(c1-c1nc3cnccc3s1)CCN(C(C)C)C2.C=CC(=O)O.CC(C)N1CCc2c(sc(N)c2-c2nc3cnccc3s2)C1. The fourth-order valence-electron chi connectivity index (χ4n) is 6.23. The normalized spacial score (nSPS) is 14.2. The van der Waals surface area contributed by atoms with Crippen molar-refractivity contribution in [2.45, 2.75) is 65.7 Å². The Balaban J connectivity index is 0.000000163. The number of nitrogens with two attached hydrogens (primary N) is 1. The van der Waals surface area contributed by atoms with Gasteiger partial charge >= 0.3 is 5.97 Å². The van der Waals surface area contributed by atoms with Crippen molar-refractivity contribution in [1.29, 1.82) is 0 Å². The summed E-state index contributed by atoms with van der Waals surface area (Å²) in [6.45, 7) is 19.5. The minimum absolute atomic E-state index is 0.187. The highest BCUT2D eigenvalue weighted by Gasteiger charge is 2.29. The average Bonchev–Trinajstić information content (AvgIpc) is 3.92. The Labute approximate surface area is 324 Å². The van der Waals surface area contributed by atoms with Crippen LogP contribution in [0, 0.1) is 0 Å². The number of thiazole rings is 2. The van der Waals surface area contributed by atoms with E-state index in [1.165, 1.54) is 37.2 Å². The fraction of sp³-hybridized carbons (Fsp3) is 0.316. The summed E-state index contributed by atoms with van der Waals surface area (Å²) in [6.07, 6.45) is 11.4. The van der Waals surface area contributed by atoms with Crippen LogP contribution in [0.2, 0.25) is 0 Å². The zero-order valence-electron chi connectivity index (χ0n) is 30.1. The summed E-state index contributed by atoms with van der Waals surface area (Å²) in [7, 11) is 0. The number of carbonyl (C=O) groups is 2. The summed E-state index contributed by atoms with van der Waals surface area (Å²) in [6, 6.07) is 5.09. The zero-order valence-corrected chi connectivity index (χ0v) is 33.4. The summed E-state index contributed by atoms with van der Waals surface area (Å²) in [5.74, 6) is -1.17. The van der Waals surface area contributed by atoms with E-state index in [0.717, 1.165) is 86.4 Å². The van der Waals surface area contributed by atoms with Crippen molar-refractivity contribution in [1.82, 2.24) is 29.7 Å². The molecule has 0 atom stereocenters. The lowest BCUT2D eigenvalue weighted by Gasteiger charge is -2.30. The van der Waals surface area contributed by atoms with Crippen molar-refractivity contribution in [3.63, 3.8) is 0 Å². The molecule has 2 aliphatic heterocycles. The molecule has 53 heavy (non-hydrogen) atoms. The lowest BCUT2D eigenvalue weighted by atomic mass is 10.0. The molecule has 15 heteroatoms. The van der Waals surface area contributed by atoms with E-state index in [-0.39, 0.29) is 5.91 Å².